The Morgan fingerprint density at radius 2 is 1.82 bits per heavy atom. The van der Waals surface area contributed by atoms with Crippen LogP contribution in [-0.2, 0) is 27.8 Å². The van der Waals surface area contributed by atoms with Crippen molar-refractivity contribution >= 4 is 21.7 Å². The Hall–Kier alpha value is -3.26. The Bertz CT molecular complexity index is 1430. The second kappa shape index (κ2) is 7.95. The molecule has 1 aliphatic rings. The van der Waals surface area contributed by atoms with Crippen molar-refractivity contribution in [2.45, 2.75) is 40.7 Å². The lowest BCUT2D eigenvalue weighted by Gasteiger charge is -2.35. The van der Waals surface area contributed by atoms with Crippen molar-refractivity contribution in [3.05, 3.63) is 69.7 Å². The number of aryl methyl sites for hydroxylation is 2. The summed E-state index contributed by atoms with van der Waals surface area (Å²) in [6, 6.07) is 7.25. The Balaban J connectivity index is 2.20. The maximum Gasteiger partial charge on any atom is 0.307 e. The minimum atomic E-state index is -3.73. The number of benzene rings is 2. The zero-order valence-electron chi connectivity index (χ0n) is 19.2. The third-order valence-electron chi connectivity index (χ3n) is 6.21. The number of aromatic nitrogens is 1. The van der Waals surface area contributed by atoms with Gasteiger partial charge in [0.2, 0.25) is 10.0 Å². The topological polar surface area (TPSA) is 87.6 Å². The molecule has 0 fully saturated rings. The molecule has 1 aliphatic heterocycles. The van der Waals surface area contributed by atoms with E-state index in [4.69, 9.17) is 0 Å². The largest absolute Gasteiger partial charge is 0.481 e. The van der Waals surface area contributed by atoms with E-state index in [9.17, 15) is 22.7 Å². The number of aliphatic carboxylic acids is 1. The molecule has 0 saturated carbocycles. The van der Waals surface area contributed by atoms with Crippen LogP contribution in [-0.4, -0.2) is 30.7 Å². The molecule has 1 N–H and O–H groups in total. The molecule has 8 heteroatoms. The normalized spacial score (nSPS) is 13.0. The highest BCUT2D eigenvalue weighted by Gasteiger charge is 2.35. The van der Waals surface area contributed by atoms with Crippen molar-refractivity contribution in [3.63, 3.8) is 0 Å². The molecule has 3 aromatic rings. The van der Waals surface area contributed by atoms with E-state index >= 15 is 0 Å². The third-order valence-corrected chi connectivity index (χ3v) is 7.32. The number of pyridine rings is 1. The molecule has 2 aromatic carbocycles. The number of hydrogen-bond acceptors (Lipinski definition) is 4. The quantitative estimate of drug-likeness (QED) is 0.600. The summed E-state index contributed by atoms with van der Waals surface area (Å²) in [6.45, 7) is 7.47. The van der Waals surface area contributed by atoms with Crippen molar-refractivity contribution in [2.75, 3.05) is 10.6 Å². The first-order valence-corrected chi connectivity index (χ1v) is 12.3. The van der Waals surface area contributed by atoms with E-state index < -0.39 is 21.8 Å². The first-order valence-electron chi connectivity index (χ1n) is 10.5. The predicted molar refractivity (Wildman–Crippen MR) is 126 cm³/mol. The molecule has 0 saturated heterocycles. The minimum absolute atomic E-state index is 0.0678. The summed E-state index contributed by atoms with van der Waals surface area (Å²) in [5.74, 6) is -1.55. The van der Waals surface area contributed by atoms with Crippen molar-refractivity contribution in [1.29, 1.82) is 0 Å². The van der Waals surface area contributed by atoms with Gasteiger partial charge in [-0.05, 0) is 67.1 Å². The molecule has 0 unspecified atom stereocenters. The fraction of sp³-hybridized carbons (Fsp3) is 0.280. The van der Waals surface area contributed by atoms with Gasteiger partial charge in [0.25, 0.3) is 0 Å². The third kappa shape index (κ3) is 3.88. The van der Waals surface area contributed by atoms with Crippen LogP contribution < -0.4 is 4.31 Å². The van der Waals surface area contributed by atoms with Crippen LogP contribution in [0.25, 0.3) is 22.4 Å². The number of hydrogen-bond donors (Lipinski definition) is 1. The second-order valence-electron chi connectivity index (χ2n) is 8.65. The van der Waals surface area contributed by atoms with Crippen LogP contribution in [0.4, 0.5) is 10.1 Å². The SMILES string of the molecule is Cc1ccc(-c2c(C)c3c(c(C)c2CC(=O)O)N(S(C)(=O)=O)Cc2cc(F)cnc2-3)c(C)c1. The molecular formula is C25H25FN2O4S. The summed E-state index contributed by atoms with van der Waals surface area (Å²) in [5, 5.41) is 9.70. The van der Waals surface area contributed by atoms with E-state index in [0.717, 1.165) is 34.7 Å². The standard InChI is InChI=1S/C25H25FN2O4S/c1-13-6-7-19(14(2)8-13)22-16(4)23-24-17(9-18(26)11-27-24)12-28(33(5,31)32)25(23)15(3)20(22)10-21(29)30/h6-9,11H,10,12H2,1-5H3,(H,29,30). The van der Waals surface area contributed by atoms with E-state index in [1.807, 2.05) is 39.0 Å². The Morgan fingerprint density at radius 1 is 1.12 bits per heavy atom. The molecule has 0 spiro atoms. The van der Waals surface area contributed by atoms with Crippen LogP contribution in [0.3, 0.4) is 0 Å². The lowest BCUT2D eigenvalue weighted by molar-refractivity contribution is -0.136. The first kappa shape index (κ1) is 22.9. The number of fused-ring (bicyclic) bond motifs is 3. The number of halogens is 1. The number of sulfonamides is 1. The van der Waals surface area contributed by atoms with Gasteiger partial charge in [0.15, 0.2) is 0 Å². The number of nitrogens with zero attached hydrogens (tertiary/aromatic N) is 2. The van der Waals surface area contributed by atoms with Gasteiger partial charge in [-0.25, -0.2) is 12.8 Å². The monoisotopic (exact) mass is 468 g/mol. The number of rotatable bonds is 4. The molecule has 172 valence electrons. The van der Waals surface area contributed by atoms with Crippen molar-refractivity contribution in [3.8, 4) is 22.4 Å². The summed E-state index contributed by atoms with van der Waals surface area (Å²) >= 11 is 0. The first-order chi connectivity index (χ1) is 15.4. The van der Waals surface area contributed by atoms with Crippen LogP contribution >= 0.6 is 0 Å². The summed E-state index contributed by atoms with van der Waals surface area (Å²) in [5.41, 5.74) is 7.50. The lowest BCUT2D eigenvalue weighted by Crippen LogP contribution is -2.34. The van der Waals surface area contributed by atoms with Gasteiger partial charge in [0.1, 0.15) is 5.82 Å². The second-order valence-corrected chi connectivity index (χ2v) is 10.6. The van der Waals surface area contributed by atoms with Crippen LogP contribution in [0.1, 0.15) is 33.4 Å². The zero-order chi connectivity index (χ0) is 24.2. The van der Waals surface area contributed by atoms with E-state index in [1.165, 1.54) is 10.4 Å². The Labute approximate surface area is 192 Å². The number of carbonyl (C=O) groups is 1. The van der Waals surface area contributed by atoms with Gasteiger partial charge in [0, 0.05) is 11.1 Å². The van der Waals surface area contributed by atoms with E-state index in [1.54, 1.807) is 6.92 Å². The molecular weight excluding hydrogens is 443 g/mol. The average molecular weight is 469 g/mol. The van der Waals surface area contributed by atoms with Gasteiger partial charge in [-0.2, -0.15) is 0 Å². The Kier molecular flexibility index (Phi) is 5.52. The molecule has 6 nitrogen and oxygen atoms in total. The zero-order valence-corrected chi connectivity index (χ0v) is 20.0. The van der Waals surface area contributed by atoms with Gasteiger partial charge >= 0.3 is 5.97 Å². The molecule has 2 heterocycles. The molecule has 33 heavy (non-hydrogen) atoms. The smallest absolute Gasteiger partial charge is 0.307 e. The molecule has 1 aromatic heterocycles. The van der Waals surface area contributed by atoms with Crippen LogP contribution in [0.15, 0.2) is 30.5 Å². The highest BCUT2D eigenvalue weighted by atomic mass is 32.2. The molecule has 0 radical (unpaired) electrons. The predicted octanol–water partition coefficient (Wildman–Crippen LogP) is 4.70. The summed E-state index contributed by atoms with van der Waals surface area (Å²) in [6.07, 6.45) is 1.96. The van der Waals surface area contributed by atoms with E-state index in [2.05, 4.69) is 4.98 Å². The van der Waals surface area contributed by atoms with Gasteiger partial charge in [0.05, 0.1) is 36.8 Å². The van der Waals surface area contributed by atoms with Crippen molar-refractivity contribution < 1.29 is 22.7 Å². The molecule has 0 atom stereocenters. The van der Waals surface area contributed by atoms with Crippen molar-refractivity contribution in [2.24, 2.45) is 0 Å². The van der Waals surface area contributed by atoms with Crippen LogP contribution in [0, 0.1) is 33.5 Å². The van der Waals surface area contributed by atoms with Gasteiger partial charge < -0.3 is 5.11 Å². The fourth-order valence-electron chi connectivity index (χ4n) is 4.82. The number of carboxylic acid groups (broad SMARTS) is 1. The average Bonchev–Trinajstić information content (AvgIpc) is 2.70. The van der Waals surface area contributed by atoms with E-state index in [0.29, 0.717) is 39.2 Å². The minimum Gasteiger partial charge on any atom is -0.481 e. The number of carboxylic acids is 1. The lowest BCUT2D eigenvalue weighted by atomic mass is 9.81. The fourth-order valence-corrected chi connectivity index (χ4v) is 5.76. The van der Waals surface area contributed by atoms with Gasteiger partial charge in [-0.1, -0.05) is 23.8 Å². The van der Waals surface area contributed by atoms with Crippen LogP contribution in [0.2, 0.25) is 0 Å². The highest BCUT2D eigenvalue weighted by Crippen LogP contribution is 2.49. The molecule has 0 aliphatic carbocycles. The van der Waals surface area contributed by atoms with Crippen LogP contribution in [0.5, 0.6) is 0 Å². The highest BCUT2D eigenvalue weighted by molar-refractivity contribution is 7.92. The van der Waals surface area contributed by atoms with Crippen molar-refractivity contribution in [1.82, 2.24) is 4.98 Å². The Morgan fingerprint density at radius 3 is 2.42 bits per heavy atom. The number of anilines is 1. The summed E-state index contributed by atoms with van der Waals surface area (Å²) < 4.78 is 40.8. The maximum atomic E-state index is 14.0. The van der Waals surface area contributed by atoms with Gasteiger partial charge in [-0.15, -0.1) is 0 Å². The summed E-state index contributed by atoms with van der Waals surface area (Å²) in [4.78, 5) is 16.2. The van der Waals surface area contributed by atoms with Gasteiger partial charge in [-0.3, -0.25) is 14.1 Å². The maximum absolute atomic E-state index is 14.0. The molecule has 0 bridgehead atoms. The molecule has 4 rings (SSSR count). The molecule has 0 amide bonds. The van der Waals surface area contributed by atoms with E-state index in [-0.39, 0.29) is 13.0 Å². The summed E-state index contributed by atoms with van der Waals surface area (Å²) in [7, 11) is -3.73.